The van der Waals surface area contributed by atoms with Gasteiger partial charge in [-0.1, -0.05) is 18.0 Å². The zero-order valence-corrected chi connectivity index (χ0v) is 11.0. The van der Waals surface area contributed by atoms with Gasteiger partial charge in [0.15, 0.2) is 0 Å². The summed E-state index contributed by atoms with van der Waals surface area (Å²) < 4.78 is 0. The van der Waals surface area contributed by atoms with Crippen molar-refractivity contribution in [1.29, 1.82) is 0 Å². The minimum atomic E-state index is -1.07. The van der Waals surface area contributed by atoms with Gasteiger partial charge in [-0.25, -0.2) is 4.79 Å². The first kappa shape index (κ1) is 12.5. The molecule has 2 fully saturated rings. The van der Waals surface area contributed by atoms with Crippen LogP contribution in [-0.4, -0.2) is 17.0 Å². The normalized spacial score (nSPS) is 27.7. The molecule has 2 atom stereocenters. The molecule has 0 aromatic heterocycles. The molecular weight excluding hydrogens is 266 g/mol. The molecule has 0 spiro atoms. The molecule has 0 bridgehead atoms. The molecule has 0 aliphatic heterocycles. The van der Waals surface area contributed by atoms with Crippen molar-refractivity contribution in [1.82, 2.24) is 0 Å². The molecule has 100 valence electrons. The minimum Gasteiger partial charge on any atom is -0.478 e. The first-order valence-electron chi connectivity index (χ1n) is 6.41. The van der Waals surface area contributed by atoms with Crippen molar-refractivity contribution in [2.45, 2.75) is 19.3 Å². The van der Waals surface area contributed by atoms with Crippen molar-refractivity contribution in [3.05, 3.63) is 28.8 Å². The second kappa shape index (κ2) is 4.53. The van der Waals surface area contributed by atoms with Gasteiger partial charge < -0.3 is 10.4 Å². The molecule has 0 heterocycles. The van der Waals surface area contributed by atoms with E-state index in [2.05, 4.69) is 5.32 Å². The Labute approximate surface area is 115 Å². The third-order valence-electron chi connectivity index (χ3n) is 4.18. The smallest absolute Gasteiger partial charge is 0.337 e. The van der Waals surface area contributed by atoms with Gasteiger partial charge in [-0.2, -0.15) is 0 Å². The highest BCUT2D eigenvalue weighted by Crippen LogP contribution is 2.57. The largest absolute Gasteiger partial charge is 0.478 e. The molecule has 2 aliphatic rings. The Kier molecular flexibility index (Phi) is 2.97. The number of amides is 1. The quantitative estimate of drug-likeness (QED) is 0.894. The number of carbonyl (C=O) groups excluding carboxylic acids is 1. The first-order chi connectivity index (χ1) is 9.08. The molecule has 1 aromatic rings. The van der Waals surface area contributed by atoms with Crippen LogP contribution in [0.3, 0.4) is 0 Å². The van der Waals surface area contributed by atoms with E-state index in [1.165, 1.54) is 24.6 Å². The molecule has 2 N–H and O–H groups in total. The number of hydrogen-bond acceptors (Lipinski definition) is 2. The van der Waals surface area contributed by atoms with E-state index >= 15 is 0 Å². The zero-order valence-electron chi connectivity index (χ0n) is 10.2. The molecule has 0 saturated heterocycles. The van der Waals surface area contributed by atoms with Gasteiger partial charge in [0.25, 0.3) is 0 Å². The molecule has 3 rings (SSSR count). The number of benzene rings is 1. The Balaban J connectivity index is 1.77. The average molecular weight is 280 g/mol. The number of hydrogen-bond donors (Lipinski definition) is 2. The standard InChI is InChI=1S/C14H14ClNO3/c15-7-4-5-10(14(18)19)11(6-7)16-13(17)12-8-2-1-3-9(8)12/h4-6,8-9,12H,1-3H2,(H,16,17)(H,18,19). The maximum atomic E-state index is 12.1. The second-order valence-electron chi connectivity index (χ2n) is 5.27. The van der Waals surface area contributed by atoms with E-state index in [1.807, 2.05) is 0 Å². The Morgan fingerprint density at radius 3 is 2.58 bits per heavy atom. The molecule has 2 aliphatic carbocycles. The predicted octanol–water partition coefficient (Wildman–Crippen LogP) is 3.02. The number of anilines is 1. The molecule has 2 unspecified atom stereocenters. The third-order valence-corrected chi connectivity index (χ3v) is 4.41. The molecular formula is C14H14ClNO3. The van der Waals surface area contributed by atoms with E-state index in [0.717, 1.165) is 12.8 Å². The minimum absolute atomic E-state index is 0.0642. The van der Waals surface area contributed by atoms with Crippen LogP contribution in [0.1, 0.15) is 29.6 Å². The maximum Gasteiger partial charge on any atom is 0.337 e. The molecule has 19 heavy (non-hydrogen) atoms. The van der Waals surface area contributed by atoms with Gasteiger partial charge in [0, 0.05) is 10.9 Å². The summed E-state index contributed by atoms with van der Waals surface area (Å²) in [6.07, 6.45) is 3.44. The van der Waals surface area contributed by atoms with Crippen LogP contribution < -0.4 is 5.32 Å². The molecule has 4 nitrogen and oxygen atoms in total. The number of aromatic carboxylic acids is 1. The average Bonchev–Trinajstić information content (AvgIpc) is 2.83. The molecule has 5 heteroatoms. The summed E-state index contributed by atoms with van der Waals surface area (Å²) in [5.74, 6) is -0.0586. The van der Waals surface area contributed by atoms with E-state index in [0.29, 0.717) is 16.9 Å². The van der Waals surface area contributed by atoms with Crippen LogP contribution in [0, 0.1) is 17.8 Å². The molecule has 2 saturated carbocycles. The number of nitrogens with one attached hydrogen (secondary N) is 1. The van der Waals surface area contributed by atoms with Gasteiger partial charge in [-0.15, -0.1) is 0 Å². The monoisotopic (exact) mass is 279 g/mol. The fourth-order valence-corrected chi connectivity index (χ4v) is 3.40. The summed E-state index contributed by atoms with van der Waals surface area (Å²) in [7, 11) is 0. The number of carboxylic acids is 1. The van der Waals surface area contributed by atoms with Crippen molar-refractivity contribution >= 4 is 29.2 Å². The van der Waals surface area contributed by atoms with E-state index in [9.17, 15) is 9.59 Å². The van der Waals surface area contributed by atoms with Gasteiger partial charge in [0.2, 0.25) is 5.91 Å². The maximum absolute atomic E-state index is 12.1. The summed E-state index contributed by atoms with van der Waals surface area (Å²) in [5, 5.41) is 12.2. The highest BCUT2D eigenvalue weighted by molar-refractivity contribution is 6.31. The van der Waals surface area contributed by atoms with E-state index in [4.69, 9.17) is 16.7 Å². The van der Waals surface area contributed by atoms with Crippen LogP contribution in [0.25, 0.3) is 0 Å². The lowest BCUT2D eigenvalue weighted by molar-refractivity contribution is -0.118. The Bertz CT molecular complexity index is 548. The highest BCUT2D eigenvalue weighted by atomic mass is 35.5. The van der Waals surface area contributed by atoms with Crippen LogP contribution in [0.15, 0.2) is 18.2 Å². The van der Waals surface area contributed by atoms with Gasteiger partial charge in [-0.05, 0) is 42.9 Å². The van der Waals surface area contributed by atoms with Crippen molar-refractivity contribution < 1.29 is 14.7 Å². The van der Waals surface area contributed by atoms with Gasteiger partial charge in [-0.3, -0.25) is 4.79 Å². The van der Waals surface area contributed by atoms with Crippen molar-refractivity contribution in [3.63, 3.8) is 0 Å². The summed E-state index contributed by atoms with van der Waals surface area (Å²) in [5.41, 5.74) is 0.360. The zero-order chi connectivity index (χ0) is 13.6. The number of halogens is 1. The van der Waals surface area contributed by atoms with E-state index < -0.39 is 5.97 Å². The summed E-state index contributed by atoms with van der Waals surface area (Å²) in [6.45, 7) is 0. The summed E-state index contributed by atoms with van der Waals surface area (Å²) >= 11 is 5.85. The van der Waals surface area contributed by atoms with Crippen LogP contribution in [0.4, 0.5) is 5.69 Å². The third kappa shape index (κ3) is 2.21. The van der Waals surface area contributed by atoms with Gasteiger partial charge in [0.05, 0.1) is 11.3 Å². The van der Waals surface area contributed by atoms with Crippen LogP contribution in [0.2, 0.25) is 5.02 Å². The highest BCUT2D eigenvalue weighted by Gasteiger charge is 2.56. The fourth-order valence-electron chi connectivity index (χ4n) is 3.23. The topological polar surface area (TPSA) is 66.4 Å². The lowest BCUT2D eigenvalue weighted by Crippen LogP contribution is -2.18. The van der Waals surface area contributed by atoms with E-state index in [1.54, 1.807) is 0 Å². The van der Waals surface area contributed by atoms with Gasteiger partial charge in [0.1, 0.15) is 0 Å². The van der Waals surface area contributed by atoms with Crippen LogP contribution >= 0.6 is 11.6 Å². The van der Waals surface area contributed by atoms with Crippen LogP contribution in [0.5, 0.6) is 0 Å². The fraction of sp³-hybridized carbons (Fsp3) is 0.429. The number of carboxylic acid groups (broad SMARTS) is 1. The van der Waals surface area contributed by atoms with E-state index in [-0.39, 0.29) is 23.1 Å². The lowest BCUT2D eigenvalue weighted by Gasteiger charge is -2.10. The summed E-state index contributed by atoms with van der Waals surface area (Å²) in [6, 6.07) is 4.40. The Morgan fingerprint density at radius 2 is 1.95 bits per heavy atom. The number of fused-ring (bicyclic) bond motifs is 1. The van der Waals surface area contributed by atoms with Crippen molar-refractivity contribution in [2.24, 2.45) is 17.8 Å². The van der Waals surface area contributed by atoms with Crippen molar-refractivity contribution in [2.75, 3.05) is 5.32 Å². The summed E-state index contributed by atoms with van der Waals surface area (Å²) in [4.78, 5) is 23.2. The Hall–Kier alpha value is -1.55. The predicted molar refractivity (Wildman–Crippen MR) is 71.4 cm³/mol. The number of rotatable bonds is 3. The molecule has 1 aromatic carbocycles. The van der Waals surface area contributed by atoms with Gasteiger partial charge >= 0.3 is 5.97 Å². The first-order valence-corrected chi connectivity index (χ1v) is 6.79. The number of carbonyl (C=O) groups is 2. The second-order valence-corrected chi connectivity index (χ2v) is 5.71. The van der Waals surface area contributed by atoms with Crippen LogP contribution in [-0.2, 0) is 4.79 Å². The molecule has 0 radical (unpaired) electrons. The van der Waals surface area contributed by atoms with Crippen molar-refractivity contribution in [3.8, 4) is 0 Å². The SMILES string of the molecule is O=C(O)c1ccc(Cl)cc1NC(=O)C1C2CCCC21. The molecule has 1 amide bonds. The Morgan fingerprint density at radius 1 is 1.26 bits per heavy atom. The lowest BCUT2D eigenvalue weighted by atomic mass is 10.1.